The molecular formula is C22H28ClN5O2S. The van der Waals surface area contributed by atoms with Crippen molar-refractivity contribution >= 4 is 33.5 Å². The van der Waals surface area contributed by atoms with Crippen molar-refractivity contribution in [2.75, 3.05) is 26.2 Å². The second kappa shape index (κ2) is 10.3. The monoisotopic (exact) mass is 461 g/mol. The third kappa shape index (κ3) is 5.44. The first-order chi connectivity index (χ1) is 14.9. The van der Waals surface area contributed by atoms with Gasteiger partial charge in [0.15, 0.2) is 0 Å². The summed E-state index contributed by atoms with van der Waals surface area (Å²) < 4.78 is 29.6. The van der Waals surface area contributed by atoms with Crippen LogP contribution >= 0.6 is 11.6 Å². The molecule has 2 aromatic carbocycles. The number of nitrogens with one attached hydrogen (secondary N) is 1. The molecule has 0 bridgehead atoms. The molecule has 0 amide bonds. The van der Waals surface area contributed by atoms with Crippen LogP contribution in [0.3, 0.4) is 0 Å². The molecule has 0 aromatic heterocycles. The molecule has 0 saturated heterocycles. The maximum atomic E-state index is 12.8. The van der Waals surface area contributed by atoms with Crippen LogP contribution in [0.2, 0.25) is 5.02 Å². The van der Waals surface area contributed by atoms with Gasteiger partial charge in [-0.05, 0) is 30.2 Å². The normalized spacial score (nSPS) is 17.2. The van der Waals surface area contributed by atoms with Crippen LogP contribution in [0.4, 0.5) is 0 Å². The van der Waals surface area contributed by atoms with E-state index in [1.165, 1.54) is 4.31 Å². The van der Waals surface area contributed by atoms with Gasteiger partial charge in [-0.2, -0.15) is 17.8 Å². The van der Waals surface area contributed by atoms with Crippen LogP contribution in [0.25, 0.3) is 0 Å². The summed E-state index contributed by atoms with van der Waals surface area (Å²) in [6, 6.07) is 17.6. The maximum Gasteiger partial charge on any atom is 0.303 e. The Bertz CT molecular complexity index is 1040. The highest BCUT2D eigenvalue weighted by atomic mass is 35.5. The van der Waals surface area contributed by atoms with E-state index < -0.39 is 10.2 Å². The highest BCUT2D eigenvalue weighted by Crippen LogP contribution is 2.29. The molecule has 0 fully saturated rings. The number of halogens is 1. The molecule has 1 aliphatic rings. The quantitative estimate of drug-likeness (QED) is 0.504. The van der Waals surface area contributed by atoms with Crippen molar-refractivity contribution in [3.63, 3.8) is 0 Å². The van der Waals surface area contributed by atoms with Gasteiger partial charge in [0.2, 0.25) is 5.96 Å². The lowest BCUT2D eigenvalue weighted by molar-refractivity contribution is 0.429. The van der Waals surface area contributed by atoms with E-state index in [2.05, 4.69) is 21.8 Å². The predicted octanol–water partition coefficient (Wildman–Crippen LogP) is 3.70. The lowest BCUT2D eigenvalue weighted by atomic mass is 9.91. The van der Waals surface area contributed by atoms with Crippen molar-refractivity contribution in [3.05, 3.63) is 70.7 Å². The molecule has 0 saturated carbocycles. The van der Waals surface area contributed by atoms with Gasteiger partial charge in [0.1, 0.15) is 0 Å². The Balaban J connectivity index is 1.99. The Morgan fingerprint density at radius 3 is 2.35 bits per heavy atom. The fourth-order valence-corrected chi connectivity index (χ4v) is 4.86. The van der Waals surface area contributed by atoms with Gasteiger partial charge in [-0.1, -0.05) is 67.9 Å². The molecular weight excluding hydrogens is 434 g/mol. The largest absolute Gasteiger partial charge is 0.303 e. The van der Waals surface area contributed by atoms with Crippen molar-refractivity contribution < 1.29 is 8.42 Å². The Kier molecular flexibility index (Phi) is 7.69. The maximum absolute atomic E-state index is 12.8. The van der Waals surface area contributed by atoms with Crippen molar-refractivity contribution in [1.82, 2.24) is 14.0 Å². The zero-order valence-electron chi connectivity index (χ0n) is 18.0. The molecule has 7 nitrogen and oxygen atoms in total. The third-order valence-electron chi connectivity index (χ3n) is 5.07. The predicted molar refractivity (Wildman–Crippen MR) is 127 cm³/mol. The first kappa shape index (κ1) is 23.2. The molecule has 166 valence electrons. The van der Waals surface area contributed by atoms with Gasteiger partial charge in [0.05, 0.1) is 12.3 Å². The molecule has 3 rings (SSSR count). The lowest BCUT2D eigenvalue weighted by Gasteiger charge is -2.23. The van der Waals surface area contributed by atoms with Crippen molar-refractivity contribution in [3.8, 4) is 0 Å². The van der Waals surface area contributed by atoms with E-state index in [-0.39, 0.29) is 11.9 Å². The lowest BCUT2D eigenvalue weighted by Crippen LogP contribution is -2.48. The highest BCUT2D eigenvalue weighted by Gasteiger charge is 2.33. The molecule has 1 heterocycles. The summed E-state index contributed by atoms with van der Waals surface area (Å²) in [6.07, 6.45) is 0. The average Bonchev–Trinajstić information content (AvgIpc) is 3.20. The number of hydrogen-bond donors (Lipinski definition) is 1. The van der Waals surface area contributed by atoms with E-state index >= 15 is 0 Å². The Morgan fingerprint density at radius 1 is 1.13 bits per heavy atom. The van der Waals surface area contributed by atoms with Gasteiger partial charge in [0, 0.05) is 30.6 Å². The van der Waals surface area contributed by atoms with Gasteiger partial charge in [-0.3, -0.25) is 4.99 Å². The number of hydrogen-bond acceptors (Lipinski definition) is 4. The molecule has 2 aromatic rings. The molecule has 31 heavy (non-hydrogen) atoms. The number of benzene rings is 2. The number of nitrogens with zero attached hydrogens (tertiary/aromatic N) is 4. The molecule has 1 aliphatic heterocycles. The van der Waals surface area contributed by atoms with E-state index in [9.17, 15) is 8.42 Å². The zero-order chi connectivity index (χ0) is 22.4. The van der Waals surface area contributed by atoms with Crippen LogP contribution in [0.15, 0.2) is 64.7 Å². The van der Waals surface area contributed by atoms with Gasteiger partial charge < -0.3 is 0 Å². The van der Waals surface area contributed by atoms with E-state index in [0.29, 0.717) is 31.2 Å². The Morgan fingerprint density at radius 2 is 1.77 bits per heavy atom. The minimum atomic E-state index is -3.73. The summed E-state index contributed by atoms with van der Waals surface area (Å²) in [5, 5.41) is 7.08. The van der Waals surface area contributed by atoms with E-state index in [0.717, 1.165) is 16.8 Å². The summed E-state index contributed by atoms with van der Waals surface area (Å²) in [5.74, 6) is 0.182. The van der Waals surface area contributed by atoms with Gasteiger partial charge >= 0.3 is 10.2 Å². The van der Waals surface area contributed by atoms with E-state index in [1.807, 2.05) is 49.4 Å². The first-order valence-corrected chi connectivity index (χ1v) is 12.2. The van der Waals surface area contributed by atoms with Crippen LogP contribution in [-0.4, -0.2) is 55.6 Å². The highest BCUT2D eigenvalue weighted by molar-refractivity contribution is 7.87. The van der Waals surface area contributed by atoms with Gasteiger partial charge in [0.25, 0.3) is 0 Å². The first-order valence-electron chi connectivity index (χ1n) is 10.4. The second-order valence-electron chi connectivity index (χ2n) is 7.03. The van der Waals surface area contributed by atoms with Gasteiger partial charge in [-0.15, -0.1) is 0 Å². The van der Waals surface area contributed by atoms with Crippen LogP contribution in [0, 0.1) is 0 Å². The van der Waals surface area contributed by atoms with E-state index in [4.69, 9.17) is 16.7 Å². The summed E-state index contributed by atoms with van der Waals surface area (Å²) in [7, 11) is -3.73. The molecule has 9 heteroatoms. The Hall–Kier alpha value is -2.42. The van der Waals surface area contributed by atoms with Crippen LogP contribution < -0.4 is 4.72 Å². The molecule has 1 unspecified atom stereocenters. The number of aliphatic imine (C=N–C) groups is 1. The summed E-state index contributed by atoms with van der Waals surface area (Å²) in [6.45, 7) is 7.11. The number of hydrazone groups is 1. The standard InChI is InChI=1S/C22H28ClN5O2S/c1-4-24-22(26-31(29,30)27(5-2)6-3)28-16-20(17-10-8-7-9-11-17)21(25-28)18-12-14-19(23)15-13-18/h7-15,20H,4-6,16H2,1-3H3,(H,24,26). The zero-order valence-corrected chi connectivity index (χ0v) is 19.6. The number of rotatable bonds is 7. The Labute approximate surface area is 189 Å². The summed E-state index contributed by atoms with van der Waals surface area (Å²) in [4.78, 5) is 4.41. The summed E-state index contributed by atoms with van der Waals surface area (Å²) >= 11 is 6.07. The minimum Gasteiger partial charge on any atom is -0.251 e. The fourth-order valence-electron chi connectivity index (χ4n) is 3.52. The average molecular weight is 462 g/mol. The minimum absolute atomic E-state index is 0.0395. The molecule has 0 radical (unpaired) electrons. The smallest absolute Gasteiger partial charge is 0.251 e. The third-order valence-corrected chi connectivity index (χ3v) is 6.96. The topological polar surface area (TPSA) is 77.4 Å². The SMILES string of the molecule is CCN=C(NS(=O)(=O)N(CC)CC)N1CC(c2ccccc2)C(c2ccc(Cl)cc2)=N1. The molecule has 1 atom stereocenters. The van der Waals surface area contributed by atoms with E-state index in [1.54, 1.807) is 18.9 Å². The van der Waals surface area contributed by atoms with Crippen LogP contribution in [-0.2, 0) is 10.2 Å². The van der Waals surface area contributed by atoms with Crippen LogP contribution in [0.5, 0.6) is 0 Å². The molecule has 0 spiro atoms. The van der Waals surface area contributed by atoms with Crippen molar-refractivity contribution in [2.24, 2.45) is 10.1 Å². The van der Waals surface area contributed by atoms with Crippen LogP contribution in [0.1, 0.15) is 37.8 Å². The fraction of sp³-hybridized carbons (Fsp3) is 0.364. The van der Waals surface area contributed by atoms with Crippen molar-refractivity contribution in [2.45, 2.75) is 26.7 Å². The van der Waals surface area contributed by atoms with Crippen molar-refractivity contribution in [1.29, 1.82) is 0 Å². The number of guanidine groups is 1. The van der Waals surface area contributed by atoms with Gasteiger partial charge in [-0.25, -0.2) is 9.73 Å². The second-order valence-corrected chi connectivity index (χ2v) is 9.13. The summed E-state index contributed by atoms with van der Waals surface area (Å²) in [5.41, 5.74) is 2.87. The molecule has 0 aliphatic carbocycles. The molecule has 1 N–H and O–H groups in total.